The number of likely N-dealkylation sites (tertiary alicyclic amines) is 1. The average Bonchev–Trinajstić information content (AvgIpc) is 2.56. The van der Waals surface area contributed by atoms with E-state index in [1.54, 1.807) is 6.20 Å². The standard InChI is InChI=1S/C17H18BrN3O/c18-14-5-4-6-15(11-14)20-16-8-7-13(12-19-16)17(22)21-9-2-1-3-10-21/h4-8,11-12H,1-3,9-10H2,(H,19,20). The lowest BCUT2D eigenvalue weighted by Crippen LogP contribution is -2.35. The molecule has 4 nitrogen and oxygen atoms in total. The highest BCUT2D eigenvalue weighted by Crippen LogP contribution is 2.20. The molecule has 5 heteroatoms. The molecule has 2 aromatic rings. The molecule has 0 unspecified atom stereocenters. The molecular weight excluding hydrogens is 342 g/mol. The minimum atomic E-state index is 0.0844. The minimum Gasteiger partial charge on any atom is -0.340 e. The Hall–Kier alpha value is -1.88. The molecule has 1 saturated heterocycles. The highest BCUT2D eigenvalue weighted by Gasteiger charge is 2.18. The zero-order valence-electron chi connectivity index (χ0n) is 12.3. The Morgan fingerprint density at radius 1 is 1.14 bits per heavy atom. The summed E-state index contributed by atoms with van der Waals surface area (Å²) in [6.45, 7) is 1.72. The number of nitrogens with one attached hydrogen (secondary N) is 1. The van der Waals surface area contributed by atoms with Crippen LogP contribution in [0.25, 0.3) is 0 Å². The van der Waals surface area contributed by atoms with Gasteiger partial charge in [-0.3, -0.25) is 4.79 Å². The van der Waals surface area contributed by atoms with Gasteiger partial charge in [0.25, 0.3) is 5.91 Å². The van der Waals surface area contributed by atoms with Crippen molar-refractivity contribution >= 4 is 33.3 Å². The molecule has 0 aliphatic carbocycles. The monoisotopic (exact) mass is 359 g/mol. The number of piperidine rings is 1. The molecule has 0 bridgehead atoms. The second kappa shape index (κ2) is 6.92. The number of anilines is 2. The van der Waals surface area contributed by atoms with Crippen molar-refractivity contribution < 1.29 is 4.79 Å². The molecule has 1 aliphatic heterocycles. The van der Waals surface area contributed by atoms with Crippen LogP contribution in [-0.4, -0.2) is 28.9 Å². The van der Waals surface area contributed by atoms with Crippen LogP contribution in [0.2, 0.25) is 0 Å². The van der Waals surface area contributed by atoms with Crippen LogP contribution in [0.4, 0.5) is 11.5 Å². The van der Waals surface area contributed by atoms with E-state index in [1.807, 2.05) is 41.3 Å². The van der Waals surface area contributed by atoms with Crippen molar-refractivity contribution in [1.82, 2.24) is 9.88 Å². The number of hydrogen-bond acceptors (Lipinski definition) is 3. The average molecular weight is 360 g/mol. The second-order valence-electron chi connectivity index (χ2n) is 5.42. The van der Waals surface area contributed by atoms with E-state index in [4.69, 9.17) is 0 Å². The molecule has 0 spiro atoms. The van der Waals surface area contributed by atoms with E-state index in [1.165, 1.54) is 6.42 Å². The first kappa shape index (κ1) is 15.0. The van der Waals surface area contributed by atoms with Crippen molar-refractivity contribution in [3.05, 3.63) is 52.6 Å². The molecule has 2 heterocycles. The van der Waals surface area contributed by atoms with Gasteiger partial charge in [-0.05, 0) is 49.6 Å². The molecule has 1 amide bonds. The molecule has 22 heavy (non-hydrogen) atoms. The Morgan fingerprint density at radius 2 is 1.95 bits per heavy atom. The Balaban J connectivity index is 1.68. The van der Waals surface area contributed by atoms with E-state index in [-0.39, 0.29) is 5.91 Å². The van der Waals surface area contributed by atoms with Crippen LogP contribution in [0.5, 0.6) is 0 Å². The minimum absolute atomic E-state index is 0.0844. The fourth-order valence-electron chi connectivity index (χ4n) is 2.59. The lowest BCUT2D eigenvalue weighted by Gasteiger charge is -2.26. The van der Waals surface area contributed by atoms with Gasteiger partial charge in [0.15, 0.2) is 0 Å². The third-order valence-electron chi connectivity index (χ3n) is 3.75. The van der Waals surface area contributed by atoms with Crippen molar-refractivity contribution in [3.63, 3.8) is 0 Å². The van der Waals surface area contributed by atoms with Crippen molar-refractivity contribution in [2.75, 3.05) is 18.4 Å². The molecular formula is C17H18BrN3O. The summed E-state index contributed by atoms with van der Waals surface area (Å²) in [7, 11) is 0. The molecule has 1 aromatic carbocycles. The number of carbonyl (C=O) groups is 1. The fraction of sp³-hybridized carbons (Fsp3) is 0.294. The highest BCUT2D eigenvalue weighted by atomic mass is 79.9. The predicted molar refractivity (Wildman–Crippen MR) is 91.4 cm³/mol. The van der Waals surface area contributed by atoms with E-state index in [2.05, 4.69) is 26.2 Å². The summed E-state index contributed by atoms with van der Waals surface area (Å²) in [5.74, 6) is 0.814. The number of carbonyl (C=O) groups excluding carboxylic acids is 1. The third-order valence-corrected chi connectivity index (χ3v) is 4.24. The molecule has 114 valence electrons. The van der Waals surface area contributed by atoms with Crippen LogP contribution in [-0.2, 0) is 0 Å². The first-order chi connectivity index (χ1) is 10.7. The number of rotatable bonds is 3. The molecule has 0 saturated carbocycles. The van der Waals surface area contributed by atoms with Gasteiger partial charge >= 0.3 is 0 Å². The van der Waals surface area contributed by atoms with Crippen LogP contribution in [0.1, 0.15) is 29.6 Å². The normalized spacial score (nSPS) is 14.7. The maximum absolute atomic E-state index is 12.4. The number of amides is 1. The second-order valence-corrected chi connectivity index (χ2v) is 6.34. The summed E-state index contributed by atoms with van der Waals surface area (Å²) < 4.78 is 1.01. The summed E-state index contributed by atoms with van der Waals surface area (Å²) in [4.78, 5) is 18.6. The Morgan fingerprint density at radius 3 is 2.64 bits per heavy atom. The summed E-state index contributed by atoms with van der Waals surface area (Å²) in [5.41, 5.74) is 1.61. The van der Waals surface area contributed by atoms with Crippen LogP contribution < -0.4 is 5.32 Å². The molecule has 0 radical (unpaired) electrons. The quantitative estimate of drug-likeness (QED) is 0.892. The van der Waals surface area contributed by atoms with Gasteiger partial charge in [0.05, 0.1) is 5.56 Å². The molecule has 1 aromatic heterocycles. The van der Waals surface area contributed by atoms with Gasteiger partial charge in [-0.15, -0.1) is 0 Å². The predicted octanol–water partition coefficient (Wildman–Crippen LogP) is 4.21. The summed E-state index contributed by atoms with van der Waals surface area (Å²) in [6, 6.07) is 11.6. The largest absolute Gasteiger partial charge is 0.340 e. The van der Waals surface area contributed by atoms with Gasteiger partial charge in [0.1, 0.15) is 5.82 Å². The van der Waals surface area contributed by atoms with Gasteiger partial charge in [0.2, 0.25) is 0 Å². The number of hydrogen-bond donors (Lipinski definition) is 1. The molecule has 1 aliphatic rings. The van der Waals surface area contributed by atoms with E-state index in [0.29, 0.717) is 5.56 Å². The number of benzene rings is 1. The fourth-order valence-corrected chi connectivity index (χ4v) is 2.99. The molecule has 1 N–H and O–H groups in total. The Labute approximate surface area is 138 Å². The maximum Gasteiger partial charge on any atom is 0.255 e. The lowest BCUT2D eigenvalue weighted by molar-refractivity contribution is 0.0724. The number of pyridine rings is 1. The van der Waals surface area contributed by atoms with E-state index >= 15 is 0 Å². The van der Waals surface area contributed by atoms with Crippen LogP contribution in [0.15, 0.2) is 47.1 Å². The maximum atomic E-state index is 12.4. The number of nitrogens with zero attached hydrogens (tertiary/aromatic N) is 2. The van der Waals surface area contributed by atoms with Crippen molar-refractivity contribution in [2.24, 2.45) is 0 Å². The zero-order chi connectivity index (χ0) is 15.4. The topological polar surface area (TPSA) is 45.2 Å². The number of aromatic nitrogens is 1. The van der Waals surface area contributed by atoms with E-state index < -0.39 is 0 Å². The smallest absolute Gasteiger partial charge is 0.255 e. The van der Waals surface area contributed by atoms with Gasteiger partial charge in [-0.25, -0.2) is 4.98 Å². The van der Waals surface area contributed by atoms with Crippen LogP contribution in [0, 0.1) is 0 Å². The molecule has 3 rings (SSSR count). The van der Waals surface area contributed by atoms with Crippen molar-refractivity contribution in [2.45, 2.75) is 19.3 Å². The molecule has 0 atom stereocenters. The number of halogens is 1. The van der Waals surface area contributed by atoms with Crippen LogP contribution in [0.3, 0.4) is 0 Å². The SMILES string of the molecule is O=C(c1ccc(Nc2cccc(Br)c2)nc1)N1CCCCC1. The first-order valence-corrected chi connectivity index (χ1v) is 8.29. The van der Waals surface area contributed by atoms with Gasteiger partial charge < -0.3 is 10.2 Å². The third kappa shape index (κ3) is 3.65. The lowest BCUT2D eigenvalue weighted by atomic mass is 10.1. The Kier molecular flexibility index (Phi) is 4.73. The Bertz CT molecular complexity index is 651. The van der Waals surface area contributed by atoms with Crippen LogP contribution >= 0.6 is 15.9 Å². The van der Waals surface area contributed by atoms with Gasteiger partial charge in [-0.1, -0.05) is 22.0 Å². The summed E-state index contributed by atoms with van der Waals surface area (Å²) >= 11 is 3.44. The van der Waals surface area contributed by atoms with Crippen molar-refractivity contribution in [3.8, 4) is 0 Å². The molecule has 1 fully saturated rings. The highest BCUT2D eigenvalue weighted by molar-refractivity contribution is 9.10. The summed E-state index contributed by atoms with van der Waals surface area (Å²) in [5, 5.41) is 3.22. The first-order valence-electron chi connectivity index (χ1n) is 7.50. The van der Waals surface area contributed by atoms with E-state index in [0.717, 1.165) is 41.9 Å². The van der Waals surface area contributed by atoms with Gasteiger partial charge in [-0.2, -0.15) is 0 Å². The summed E-state index contributed by atoms with van der Waals surface area (Å²) in [6.07, 6.45) is 5.07. The zero-order valence-corrected chi connectivity index (χ0v) is 13.8. The van der Waals surface area contributed by atoms with Gasteiger partial charge in [0, 0.05) is 29.4 Å². The van der Waals surface area contributed by atoms with Crippen molar-refractivity contribution in [1.29, 1.82) is 0 Å². The van der Waals surface area contributed by atoms with E-state index in [9.17, 15) is 4.79 Å².